The number of amides is 1. The first-order chi connectivity index (χ1) is 11.8. The highest BCUT2D eigenvalue weighted by molar-refractivity contribution is 5.89. The van der Waals surface area contributed by atoms with Gasteiger partial charge in [0.1, 0.15) is 11.1 Å². The molecule has 1 aliphatic heterocycles. The van der Waals surface area contributed by atoms with Crippen molar-refractivity contribution in [2.24, 2.45) is 10.7 Å². The summed E-state index contributed by atoms with van der Waals surface area (Å²) in [5, 5.41) is 0. The summed E-state index contributed by atoms with van der Waals surface area (Å²) in [6, 6.07) is 6.36. The Hall–Kier alpha value is -2.24. The second-order valence-corrected chi connectivity index (χ2v) is 7.13. The van der Waals surface area contributed by atoms with Gasteiger partial charge >= 0.3 is 6.09 Å². The Kier molecular flexibility index (Phi) is 4.39. The van der Waals surface area contributed by atoms with E-state index in [2.05, 4.69) is 11.1 Å². The van der Waals surface area contributed by atoms with Crippen LogP contribution in [0.2, 0.25) is 0 Å². The maximum atomic E-state index is 12.3. The summed E-state index contributed by atoms with van der Waals surface area (Å²) in [5.41, 5.74) is 8.41. The molecular weight excluding hydrogens is 318 g/mol. The molecule has 0 radical (unpaired) electrons. The van der Waals surface area contributed by atoms with Crippen molar-refractivity contribution in [1.82, 2.24) is 0 Å². The predicted octanol–water partition coefficient (Wildman–Crippen LogP) is 3.02. The number of carbonyl (C=O) groups excluding carboxylic acids is 1. The van der Waals surface area contributed by atoms with Crippen LogP contribution in [0.3, 0.4) is 0 Å². The van der Waals surface area contributed by atoms with Gasteiger partial charge in [-0.3, -0.25) is 4.90 Å². The van der Waals surface area contributed by atoms with Crippen LogP contribution in [-0.2, 0) is 22.3 Å². The summed E-state index contributed by atoms with van der Waals surface area (Å²) in [6.07, 6.45) is 2.12. The van der Waals surface area contributed by atoms with Gasteiger partial charge in [-0.15, -0.1) is 0 Å². The second-order valence-electron chi connectivity index (χ2n) is 7.13. The molecule has 2 aliphatic rings. The highest BCUT2D eigenvalue weighted by atomic mass is 16.6. The Morgan fingerprint density at radius 1 is 1.40 bits per heavy atom. The van der Waals surface area contributed by atoms with Gasteiger partial charge in [0.15, 0.2) is 0 Å². The third-order valence-corrected chi connectivity index (χ3v) is 5.42. The minimum atomic E-state index is -0.434. The van der Waals surface area contributed by atoms with E-state index in [4.69, 9.17) is 15.2 Å². The maximum Gasteiger partial charge on any atom is 0.414 e. The molecule has 0 bridgehead atoms. The fourth-order valence-electron chi connectivity index (χ4n) is 4.00. The molecule has 0 fully saturated rings. The number of anilines is 1. The van der Waals surface area contributed by atoms with Crippen molar-refractivity contribution in [2.45, 2.75) is 58.1 Å². The molecule has 0 aromatic heterocycles. The van der Waals surface area contributed by atoms with Gasteiger partial charge < -0.3 is 15.2 Å². The van der Waals surface area contributed by atoms with Crippen molar-refractivity contribution in [3.05, 3.63) is 29.3 Å². The van der Waals surface area contributed by atoms with E-state index in [9.17, 15) is 4.79 Å². The summed E-state index contributed by atoms with van der Waals surface area (Å²) < 4.78 is 11.0. The van der Waals surface area contributed by atoms with Crippen LogP contribution < -0.4 is 10.6 Å². The largest absolute Gasteiger partial charge is 0.457 e. The molecule has 136 valence electrons. The maximum absolute atomic E-state index is 12.3. The Balaban J connectivity index is 1.97. The van der Waals surface area contributed by atoms with Crippen LogP contribution in [0.4, 0.5) is 10.5 Å². The quantitative estimate of drug-likeness (QED) is 0.913. The lowest BCUT2D eigenvalue weighted by Crippen LogP contribution is -2.50. The van der Waals surface area contributed by atoms with Crippen molar-refractivity contribution in [3.8, 4) is 0 Å². The van der Waals surface area contributed by atoms with E-state index >= 15 is 0 Å². The third kappa shape index (κ3) is 2.83. The summed E-state index contributed by atoms with van der Waals surface area (Å²) in [5.74, 6) is 0. The van der Waals surface area contributed by atoms with Crippen molar-refractivity contribution in [1.29, 1.82) is 0 Å². The first kappa shape index (κ1) is 17.6. The van der Waals surface area contributed by atoms with Crippen molar-refractivity contribution >= 4 is 17.8 Å². The molecule has 0 saturated heterocycles. The number of amidine groups is 1. The first-order valence-electron chi connectivity index (χ1n) is 8.93. The van der Waals surface area contributed by atoms with Crippen molar-refractivity contribution < 1.29 is 14.3 Å². The van der Waals surface area contributed by atoms with E-state index in [0.29, 0.717) is 13.2 Å². The molecule has 1 aliphatic carbocycles. The summed E-state index contributed by atoms with van der Waals surface area (Å²) in [6.45, 7) is 8.80. The van der Waals surface area contributed by atoms with E-state index in [1.807, 2.05) is 39.8 Å². The molecule has 1 unspecified atom stereocenters. The molecule has 2 N–H and O–H groups in total. The fraction of sp³-hybridized carbons (Fsp3) is 0.579. The van der Waals surface area contributed by atoms with Crippen LogP contribution in [0.15, 0.2) is 23.2 Å². The number of ether oxygens (including phenoxy) is 2. The minimum Gasteiger partial charge on any atom is -0.457 e. The van der Waals surface area contributed by atoms with Gasteiger partial charge in [0.05, 0.1) is 12.3 Å². The van der Waals surface area contributed by atoms with Crippen molar-refractivity contribution in [3.63, 3.8) is 0 Å². The Bertz CT molecular complexity index is 714. The molecule has 25 heavy (non-hydrogen) atoms. The molecule has 1 heterocycles. The van der Waals surface area contributed by atoms with Crippen molar-refractivity contribution in [2.75, 3.05) is 18.1 Å². The second kappa shape index (κ2) is 6.24. The number of aliphatic imine (C=N–C) groups is 1. The van der Waals surface area contributed by atoms with Gasteiger partial charge in [-0.1, -0.05) is 12.1 Å². The molecule has 0 saturated carbocycles. The monoisotopic (exact) mass is 345 g/mol. The van der Waals surface area contributed by atoms with Gasteiger partial charge in [-0.25, -0.2) is 9.79 Å². The van der Waals surface area contributed by atoms with Gasteiger partial charge in [0.2, 0.25) is 0 Å². The molecule has 6 nitrogen and oxygen atoms in total. The Labute approximate surface area is 149 Å². The smallest absolute Gasteiger partial charge is 0.414 e. The van der Waals surface area contributed by atoms with E-state index in [1.165, 1.54) is 11.1 Å². The lowest BCUT2D eigenvalue weighted by atomic mass is 9.70. The Morgan fingerprint density at radius 2 is 2.16 bits per heavy atom. The van der Waals surface area contributed by atoms with Crippen LogP contribution in [0.1, 0.15) is 45.2 Å². The minimum absolute atomic E-state index is 0.270. The summed E-state index contributed by atoms with van der Waals surface area (Å²) in [4.78, 5) is 18.7. The zero-order valence-electron chi connectivity index (χ0n) is 15.5. The van der Waals surface area contributed by atoms with E-state index in [-0.39, 0.29) is 17.7 Å². The number of carbonyl (C=O) groups is 1. The lowest BCUT2D eigenvalue weighted by Gasteiger charge is -2.41. The lowest BCUT2D eigenvalue weighted by molar-refractivity contribution is 0.0357. The van der Waals surface area contributed by atoms with Crippen LogP contribution >= 0.6 is 0 Å². The van der Waals surface area contributed by atoms with E-state index in [1.54, 1.807) is 4.90 Å². The normalized spacial score (nSPS) is 23.6. The van der Waals surface area contributed by atoms with Gasteiger partial charge in [-0.05, 0) is 57.7 Å². The molecular formula is C19H27N3O3. The van der Waals surface area contributed by atoms with Crippen LogP contribution in [0.25, 0.3) is 0 Å². The Morgan fingerprint density at radius 3 is 2.76 bits per heavy atom. The van der Waals surface area contributed by atoms with Crippen LogP contribution in [-0.4, -0.2) is 36.4 Å². The first-order valence-corrected chi connectivity index (χ1v) is 8.93. The zero-order valence-corrected chi connectivity index (χ0v) is 15.5. The molecule has 6 heteroatoms. The topological polar surface area (TPSA) is 77.2 Å². The highest BCUT2D eigenvalue weighted by Gasteiger charge is 2.53. The number of benzene rings is 1. The fourth-order valence-corrected chi connectivity index (χ4v) is 4.00. The number of fused-ring (bicyclic) bond motifs is 1. The number of hydrogen-bond acceptors (Lipinski definition) is 5. The highest BCUT2D eigenvalue weighted by Crippen LogP contribution is 2.46. The van der Waals surface area contributed by atoms with Gasteiger partial charge in [0.25, 0.3) is 6.02 Å². The molecule has 1 aromatic carbocycles. The summed E-state index contributed by atoms with van der Waals surface area (Å²) >= 11 is 0. The molecule has 1 aromatic rings. The van der Waals surface area contributed by atoms with Gasteiger partial charge in [-0.2, -0.15) is 0 Å². The molecule has 1 spiro atoms. The van der Waals surface area contributed by atoms with E-state index in [0.717, 1.165) is 24.9 Å². The van der Waals surface area contributed by atoms with E-state index < -0.39 is 5.60 Å². The number of hydrogen-bond donors (Lipinski definition) is 1. The summed E-state index contributed by atoms with van der Waals surface area (Å²) in [7, 11) is 0. The van der Waals surface area contributed by atoms with Crippen LogP contribution in [0.5, 0.6) is 0 Å². The van der Waals surface area contributed by atoms with Gasteiger partial charge in [0, 0.05) is 13.0 Å². The molecule has 1 atom stereocenters. The SMILES string of the molecule is CCOC(=O)N(CC)c1cccc2c1CCC1(C2)N=C(N)OC1(C)C. The third-order valence-electron chi connectivity index (χ3n) is 5.42. The average molecular weight is 345 g/mol. The standard InChI is InChI=1S/C19H27N3O3/c1-5-22(17(23)24-6-2)15-9-7-8-13-12-19(11-10-14(13)15)18(3,4)25-16(20)21-19/h7-9H,5-6,10-12H2,1-4H3,(H2,20,21). The number of nitrogens with zero attached hydrogens (tertiary/aromatic N) is 2. The zero-order chi connectivity index (χ0) is 18.2. The van der Waals surface area contributed by atoms with Crippen LogP contribution in [0, 0.1) is 0 Å². The predicted molar refractivity (Wildman–Crippen MR) is 98.0 cm³/mol. The average Bonchev–Trinajstić information content (AvgIpc) is 2.76. The molecule has 1 amide bonds. The number of rotatable bonds is 3. The molecule has 3 rings (SSSR count). The number of nitrogens with two attached hydrogens (primary N) is 1.